The first-order valence-electron chi connectivity index (χ1n) is 7.75. The number of ether oxygens (including phenoxy) is 2. The van der Waals surface area contributed by atoms with Crippen LogP contribution in [-0.4, -0.2) is 49.9 Å². The van der Waals surface area contributed by atoms with Crippen molar-refractivity contribution in [1.29, 1.82) is 0 Å². The zero-order valence-electron chi connectivity index (χ0n) is 13.7. The maximum Gasteiger partial charge on any atom is 0.123 e. The van der Waals surface area contributed by atoms with E-state index in [9.17, 15) is 0 Å². The van der Waals surface area contributed by atoms with Gasteiger partial charge in [-0.05, 0) is 33.9 Å². The van der Waals surface area contributed by atoms with Gasteiger partial charge in [0.25, 0.3) is 0 Å². The molecule has 0 saturated carbocycles. The second-order valence-electron chi connectivity index (χ2n) is 6.41. The van der Waals surface area contributed by atoms with Crippen molar-refractivity contribution in [2.75, 3.05) is 33.3 Å². The Morgan fingerprint density at radius 1 is 1.38 bits per heavy atom. The Labute approximate surface area is 128 Å². The molecule has 4 heteroatoms. The third kappa shape index (κ3) is 4.99. The lowest BCUT2D eigenvalue weighted by Crippen LogP contribution is -2.52. The first-order chi connectivity index (χ1) is 10.00. The Bertz CT molecular complexity index is 448. The zero-order chi connectivity index (χ0) is 15.3. The standard InChI is InChI=1S/C17H28N2O2/c1-14-12-19(13-17(2,3)21-14)9-10-20-16-8-6-5-7-15(16)11-18-4/h5-8,14,18H,9-13H2,1-4H3. The summed E-state index contributed by atoms with van der Waals surface area (Å²) in [5, 5.41) is 3.17. The van der Waals surface area contributed by atoms with Crippen molar-refractivity contribution < 1.29 is 9.47 Å². The Kier molecular flexibility index (Phi) is 5.62. The number of benzene rings is 1. The molecule has 21 heavy (non-hydrogen) atoms. The maximum absolute atomic E-state index is 5.97. The lowest BCUT2D eigenvalue weighted by Gasteiger charge is -2.41. The van der Waals surface area contributed by atoms with E-state index >= 15 is 0 Å². The molecule has 118 valence electrons. The summed E-state index contributed by atoms with van der Waals surface area (Å²) in [5.74, 6) is 0.979. The predicted molar refractivity (Wildman–Crippen MR) is 85.8 cm³/mol. The molecule has 1 aromatic carbocycles. The predicted octanol–water partition coefficient (Wildman–Crippen LogP) is 2.28. The highest BCUT2D eigenvalue weighted by atomic mass is 16.5. The Morgan fingerprint density at radius 2 is 2.14 bits per heavy atom. The van der Waals surface area contributed by atoms with Crippen molar-refractivity contribution in [3.63, 3.8) is 0 Å². The van der Waals surface area contributed by atoms with Gasteiger partial charge in [0.15, 0.2) is 0 Å². The van der Waals surface area contributed by atoms with Crippen molar-refractivity contribution in [2.45, 2.75) is 39.0 Å². The minimum Gasteiger partial charge on any atom is -0.492 e. The second kappa shape index (κ2) is 7.25. The number of hydrogen-bond acceptors (Lipinski definition) is 4. The Balaban J connectivity index is 1.84. The molecule has 0 aliphatic carbocycles. The number of nitrogens with zero attached hydrogens (tertiary/aromatic N) is 1. The van der Waals surface area contributed by atoms with Gasteiger partial charge in [0, 0.05) is 31.7 Å². The normalized spacial score (nSPS) is 22.2. The molecule has 4 nitrogen and oxygen atoms in total. The number of morpholine rings is 1. The van der Waals surface area contributed by atoms with Gasteiger partial charge in [0.05, 0.1) is 11.7 Å². The van der Waals surface area contributed by atoms with Gasteiger partial charge in [-0.2, -0.15) is 0 Å². The van der Waals surface area contributed by atoms with Crippen molar-refractivity contribution in [2.24, 2.45) is 0 Å². The molecule has 2 rings (SSSR count). The summed E-state index contributed by atoms with van der Waals surface area (Å²) in [6.45, 7) is 10.9. The molecule has 0 spiro atoms. The van der Waals surface area contributed by atoms with Gasteiger partial charge in [0.2, 0.25) is 0 Å². The third-order valence-corrected chi connectivity index (χ3v) is 3.64. The number of hydrogen-bond donors (Lipinski definition) is 1. The van der Waals surface area contributed by atoms with Gasteiger partial charge in [-0.25, -0.2) is 0 Å². The quantitative estimate of drug-likeness (QED) is 0.872. The fourth-order valence-corrected chi connectivity index (χ4v) is 3.02. The molecule has 1 unspecified atom stereocenters. The zero-order valence-corrected chi connectivity index (χ0v) is 13.7. The van der Waals surface area contributed by atoms with Crippen LogP contribution in [0.4, 0.5) is 0 Å². The SMILES string of the molecule is CNCc1ccccc1OCCN1CC(C)OC(C)(C)C1. The van der Waals surface area contributed by atoms with Gasteiger partial charge in [-0.1, -0.05) is 18.2 Å². The molecule has 1 heterocycles. The fraction of sp³-hybridized carbons (Fsp3) is 0.647. The largest absolute Gasteiger partial charge is 0.492 e. The van der Waals surface area contributed by atoms with E-state index in [2.05, 4.69) is 37.1 Å². The number of para-hydroxylation sites is 1. The van der Waals surface area contributed by atoms with Crippen molar-refractivity contribution in [3.05, 3.63) is 29.8 Å². The highest BCUT2D eigenvalue weighted by Gasteiger charge is 2.30. The summed E-state index contributed by atoms with van der Waals surface area (Å²) >= 11 is 0. The first kappa shape index (κ1) is 16.3. The van der Waals surface area contributed by atoms with Crippen LogP contribution in [-0.2, 0) is 11.3 Å². The summed E-state index contributed by atoms with van der Waals surface area (Å²) in [7, 11) is 1.95. The highest BCUT2D eigenvalue weighted by Crippen LogP contribution is 2.21. The van der Waals surface area contributed by atoms with Crippen LogP contribution in [0.25, 0.3) is 0 Å². The van der Waals surface area contributed by atoms with E-state index in [1.807, 2.05) is 25.2 Å². The van der Waals surface area contributed by atoms with Crippen LogP contribution in [0.5, 0.6) is 5.75 Å². The molecule has 1 N–H and O–H groups in total. The molecule has 1 saturated heterocycles. The van der Waals surface area contributed by atoms with Crippen LogP contribution >= 0.6 is 0 Å². The van der Waals surface area contributed by atoms with E-state index in [1.165, 1.54) is 5.56 Å². The molecule has 1 aromatic rings. The fourth-order valence-electron chi connectivity index (χ4n) is 3.02. The summed E-state index contributed by atoms with van der Waals surface area (Å²) in [6, 6.07) is 8.21. The summed E-state index contributed by atoms with van der Waals surface area (Å²) in [5.41, 5.74) is 1.14. The molecule has 1 fully saturated rings. The van der Waals surface area contributed by atoms with E-state index in [0.29, 0.717) is 6.61 Å². The molecular formula is C17H28N2O2. The van der Waals surface area contributed by atoms with E-state index < -0.39 is 0 Å². The summed E-state index contributed by atoms with van der Waals surface area (Å²) in [6.07, 6.45) is 0.283. The minimum atomic E-state index is -0.0678. The number of rotatable bonds is 6. The topological polar surface area (TPSA) is 33.7 Å². The van der Waals surface area contributed by atoms with Gasteiger partial charge < -0.3 is 14.8 Å². The molecule has 1 aliphatic rings. The molecule has 0 bridgehead atoms. The Morgan fingerprint density at radius 3 is 2.86 bits per heavy atom. The lowest BCUT2D eigenvalue weighted by molar-refractivity contribution is -0.129. The van der Waals surface area contributed by atoms with Crippen molar-refractivity contribution >= 4 is 0 Å². The van der Waals surface area contributed by atoms with Crippen LogP contribution in [0, 0.1) is 0 Å². The van der Waals surface area contributed by atoms with Crippen LogP contribution in [0.2, 0.25) is 0 Å². The molecule has 0 amide bonds. The second-order valence-corrected chi connectivity index (χ2v) is 6.41. The summed E-state index contributed by atoms with van der Waals surface area (Å²) in [4.78, 5) is 2.43. The van der Waals surface area contributed by atoms with Gasteiger partial charge >= 0.3 is 0 Å². The molecule has 1 atom stereocenters. The van der Waals surface area contributed by atoms with E-state index in [4.69, 9.17) is 9.47 Å². The van der Waals surface area contributed by atoms with E-state index in [-0.39, 0.29) is 11.7 Å². The van der Waals surface area contributed by atoms with Gasteiger partial charge in [-0.3, -0.25) is 4.90 Å². The van der Waals surface area contributed by atoms with Gasteiger partial charge in [0.1, 0.15) is 12.4 Å². The van der Waals surface area contributed by atoms with Crippen LogP contribution < -0.4 is 10.1 Å². The van der Waals surface area contributed by atoms with E-state index in [0.717, 1.165) is 31.9 Å². The smallest absolute Gasteiger partial charge is 0.123 e. The minimum absolute atomic E-state index is 0.0678. The molecule has 0 radical (unpaired) electrons. The van der Waals surface area contributed by atoms with Crippen molar-refractivity contribution in [3.8, 4) is 5.75 Å². The number of nitrogens with one attached hydrogen (secondary N) is 1. The van der Waals surface area contributed by atoms with Crippen molar-refractivity contribution in [1.82, 2.24) is 10.2 Å². The average Bonchev–Trinajstić information content (AvgIpc) is 2.38. The average molecular weight is 292 g/mol. The van der Waals surface area contributed by atoms with Crippen LogP contribution in [0.15, 0.2) is 24.3 Å². The summed E-state index contributed by atoms with van der Waals surface area (Å²) < 4.78 is 11.9. The third-order valence-electron chi connectivity index (χ3n) is 3.64. The monoisotopic (exact) mass is 292 g/mol. The molecule has 1 aliphatic heterocycles. The van der Waals surface area contributed by atoms with Gasteiger partial charge in [-0.15, -0.1) is 0 Å². The van der Waals surface area contributed by atoms with Crippen LogP contribution in [0.3, 0.4) is 0 Å². The van der Waals surface area contributed by atoms with Crippen LogP contribution in [0.1, 0.15) is 26.3 Å². The lowest BCUT2D eigenvalue weighted by atomic mass is 10.1. The first-order valence-corrected chi connectivity index (χ1v) is 7.75. The van der Waals surface area contributed by atoms with E-state index in [1.54, 1.807) is 0 Å². The Hall–Kier alpha value is -1.10. The molecule has 0 aromatic heterocycles. The maximum atomic E-state index is 5.97. The molecular weight excluding hydrogens is 264 g/mol. The highest BCUT2D eigenvalue weighted by molar-refractivity contribution is 5.33.